The standard InChI is InChI=1S/C16H22O4/c1-6-14(18)20-16(4,5)8-7-12-9-13(17)10(2)11(3)15(12)19/h9H,6-8H2,1-5H3. The van der Waals surface area contributed by atoms with Crippen LogP contribution in [0.4, 0.5) is 0 Å². The van der Waals surface area contributed by atoms with Crippen molar-refractivity contribution in [1.29, 1.82) is 0 Å². The largest absolute Gasteiger partial charge is 0.460 e. The maximum Gasteiger partial charge on any atom is 0.306 e. The molecule has 1 aliphatic rings. The average Bonchev–Trinajstić information content (AvgIpc) is 2.38. The molecule has 0 atom stereocenters. The fourth-order valence-electron chi connectivity index (χ4n) is 1.98. The molecule has 1 aliphatic carbocycles. The Morgan fingerprint density at radius 3 is 2.35 bits per heavy atom. The molecule has 0 aromatic rings. The van der Waals surface area contributed by atoms with Crippen LogP contribution < -0.4 is 0 Å². The molecule has 0 aromatic carbocycles. The van der Waals surface area contributed by atoms with Crippen molar-refractivity contribution in [3.05, 3.63) is 22.8 Å². The summed E-state index contributed by atoms with van der Waals surface area (Å²) in [5.41, 5.74) is 0.881. The number of allylic oxidation sites excluding steroid dienone is 4. The third-order valence-corrected chi connectivity index (χ3v) is 3.54. The molecule has 0 heterocycles. The smallest absolute Gasteiger partial charge is 0.306 e. The van der Waals surface area contributed by atoms with Crippen LogP contribution >= 0.6 is 0 Å². The number of ether oxygens (including phenoxy) is 1. The second kappa shape index (κ2) is 6.16. The van der Waals surface area contributed by atoms with Gasteiger partial charge in [0.15, 0.2) is 11.6 Å². The van der Waals surface area contributed by atoms with Gasteiger partial charge in [-0.2, -0.15) is 0 Å². The first-order valence-electron chi connectivity index (χ1n) is 6.87. The summed E-state index contributed by atoms with van der Waals surface area (Å²) in [5.74, 6) is -0.456. The van der Waals surface area contributed by atoms with E-state index in [4.69, 9.17) is 4.74 Å². The van der Waals surface area contributed by atoms with Crippen LogP contribution in [0.5, 0.6) is 0 Å². The zero-order valence-electron chi connectivity index (χ0n) is 12.8. The van der Waals surface area contributed by atoms with Gasteiger partial charge in [0.1, 0.15) is 5.60 Å². The minimum Gasteiger partial charge on any atom is -0.460 e. The molecule has 4 heteroatoms. The number of esters is 1. The quantitative estimate of drug-likeness (QED) is 0.573. The maximum absolute atomic E-state index is 12.1. The summed E-state index contributed by atoms with van der Waals surface area (Å²) in [6, 6.07) is 0. The minimum atomic E-state index is -0.638. The Hall–Kier alpha value is -1.71. The highest BCUT2D eigenvalue weighted by Crippen LogP contribution is 2.26. The van der Waals surface area contributed by atoms with E-state index in [2.05, 4.69) is 0 Å². The number of rotatable bonds is 5. The van der Waals surface area contributed by atoms with Crippen LogP contribution in [0.3, 0.4) is 0 Å². The molecule has 0 bridgehead atoms. The SMILES string of the molecule is CCC(=O)OC(C)(C)CCC1=CC(=O)C(C)=C(C)C1=O. The van der Waals surface area contributed by atoms with Crippen molar-refractivity contribution in [2.24, 2.45) is 0 Å². The minimum absolute atomic E-state index is 0.0836. The zero-order valence-corrected chi connectivity index (χ0v) is 12.8. The zero-order chi connectivity index (χ0) is 15.5. The van der Waals surface area contributed by atoms with Gasteiger partial charge in [0.25, 0.3) is 0 Å². The van der Waals surface area contributed by atoms with Crippen LogP contribution in [0.25, 0.3) is 0 Å². The van der Waals surface area contributed by atoms with Crippen LogP contribution in [0.1, 0.15) is 53.9 Å². The Labute approximate surface area is 119 Å². The van der Waals surface area contributed by atoms with E-state index in [9.17, 15) is 14.4 Å². The predicted molar refractivity (Wildman–Crippen MR) is 76.2 cm³/mol. The van der Waals surface area contributed by atoms with Crippen molar-refractivity contribution in [3.8, 4) is 0 Å². The summed E-state index contributed by atoms with van der Waals surface area (Å²) in [6.07, 6.45) is 2.67. The van der Waals surface area contributed by atoms with Crippen molar-refractivity contribution in [2.45, 2.75) is 59.5 Å². The Kier molecular flexibility index (Phi) is 5.03. The van der Waals surface area contributed by atoms with Crippen LogP contribution in [0.2, 0.25) is 0 Å². The third-order valence-electron chi connectivity index (χ3n) is 3.54. The van der Waals surface area contributed by atoms with E-state index in [1.807, 2.05) is 13.8 Å². The highest BCUT2D eigenvalue weighted by atomic mass is 16.6. The molecule has 0 unspecified atom stereocenters. The van der Waals surface area contributed by atoms with Gasteiger partial charge in [0, 0.05) is 23.1 Å². The number of carbonyl (C=O) groups is 3. The molecular formula is C16H22O4. The lowest BCUT2D eigenvalue weighted by molar-refractivity contribution is -0.156. The van der Waals surface area contributed by atoms with Gasteiger partial charge in [-0.05, 0) is 46.6 Å². The molecule has 110 valence electrons. The summed E-state index contributed by atoms with van der Waals surface area (Å²) in [4.78, 5) is 35.2. The summed E-state index contributed by atoms with van der Waals surface area (Å²) in [5, 5.41) is 0. The van der Waals surface area contributed by atoms with Gasteiger partial charge in [-0.1, -0.05) is 6.92 Å². The lowest BCUT2D eigenvalue weighted by Crippen LogP contribution is -2.28. The molecular weight excluding hydrogens is 256 g/mol. The van der Waals surface area contributed by atoms with E-state index in [0.717, 1.165) is 0 Å². The lowest BCUT2D eigenvalue weighted by Gasteiger charge is -2.26. The lowest BCUT2D eigenvalue weighted by atomic mass is 9.87. The second-order valence-corrected chi connectivity index (χ2v) is 5.70. The fraction of sp³-hybridized carbons (Fsp3) is 0.562. The van der Waals surface area contributed by atoms with Crippen LogP contribution in [-0.2, 0) is 19.1 Å². The summed E-state index contributed by atoms with van der Waals surface area (Å²) in [6.45, 7) is 8.69. The molecule has 0 spiro atoms. The maximum atomic E-state index is 12.1. The average molecular weight is 278 g/mol. The molecule has 0 saturated heterocycles. The molecule has 0 amide bonds. The summed E-state index contributed by atoms with van der Waals surface area (Å²) in [7, 11) is 0. The van der Waals surface area contributed by atoms with Gasteiger partial charge in [0.05, 0.1) is 0 Å². The predicted octanol–water partition coefficient (Wildman–Crippen LogP) is 2.91. The van der Waals surface area contributed by atoms with E-state index >= 15 is 0 Å². The van der Waals surface area contributed by atoms with Crippen molar-refractivity contribution in [3.63, 3.8) is 0 Å². The van der Waals surface area contributed by atoms with E-state index in [-0.39, 0.29) is 17.5 Å². The van der Waals surface area contributed by atoms with Gasteiger partial charge in [0.2, 0.25) is 0 Å². The third kappa shape index (κ3) is 3.89. The van der Waals surface area contributed by atoms with Gasteiger partial charge in [-0.15, -0.1) is 0 Å². The number of hydrogen-bond acceptors (Lipinski definition) is 4. The number of carbonyl (C=O) groups excluding carboxylic acids is 3. The molecule has 0 aromatic heterocycles. The van der Waals surface area contributed by atoms with Crippen molar-refractivity contribution < 1.29 is 19.1 Å². The molecule has 0 fully saturated rings. The Bertz CT molecular complexity index is 507. The molecule has 0 saturated carbocycles. The van der Waals surface area contributed by atoms with Crippen LogP contribution in [-0.4, -0.2) is 23.1 Å². The van der Waals surface area contributed by atoms with Crippen molar-refractivity contribution in [1.82, 2.24) is 0 Å². The van der Waals surface area contributed by atoms with Gasteiger partial charge in [-0.25, -0.2) is 0 Å². The van der Waals surface area contributed by atoms with Gasteiger partial charge in [-0.3, -0.25) is 14.4 Å². The Morgan fingerprint density at radius 1 is 1.20 bits per heavy atom. The normalized spacial score (nSPS) is 16.4. The number of hydrogen-bond donors (Lipinski definition) is 0. The van der Waals surface area contributed by atoms with E-state index in [1.165, 1.54) is 6.08 Å². The highest BCUT2D eigenvalue weighted by molar-refractivity contribution is 6.22. The monoisotopic (exact) mass is 278 g/mol. The summed E-state index contributed by atoms with van der Waals surface area (Å²) >= 11 is 0. The molecule has 20 heavy (non-hydrogen) atoms. The Morgan fingerprint density at radius 2 is 1.80 bits per heavy atom. The van der Waals surface area contributed by atoms with Gasteiger partial charge >= 0.3 is 5.97 Å². The molecule has 0 N–H and O–H groups in total. The first-order chi connectivity index (χ1) is 9.18. The second-order valence-electron chi connectivity index (χ2n) is 5.70. The first-order valence-corrected chi connectivity index (χ1v) is 6.87. The fourth-order valence-corrected chi connectivity index (χ4v) is 1.98. The van der Waals surface area contributed by atoms with Crippen molar-refractivity contribution in [2.75, 3.05) is 0 Å². The topological polar surface area (TPSA) is 60.4 Å². The highest BCUT2D eigenvalue weighted by Gasteiger charge is 2.27. The van der Waals surface area contributed by atoms with Crippen LogP contribution in [0.15, 0.2) is 22.8 Å². The number of ketones is 2. The first kappa shape index (κ1) is 16.3. The number of Topliss-reactive ketones (excluding diaryl/α,β-unsaturated/α-hetero) is 1. The summed E-state index contributed by atoms with van der Waals surface area (Å²) < 4.78 is 5.31. The van der Waals surface area contributed by atoms with E-state index < -0.39 is 5.60 Å². The van der Waals surface area contributed by atoms with Gasteiger partial charge < -0.3 is 4.74 Å². The van der Waals surface area contributed by atoms with E-state index in [0.29, 0.717) is 36.0 Å². The Balaban J connectivity index is 2.71. The molecule has 0 aliphatic heterocycles. The van der Waals surface area contributed by atoms with E-state index in [1.54, 1.807) is 20.8 Å². The van der Waals surface area contributed by atoms with Crippen molar-refractivity contribution >= 4 is 17.5 Å². The molecule has 0 radical (unpaired) electrons. The molecule has 4 nitrogen and oxygen atoms in total. The van der Waals surface area contributed by atoms with Crippen LogP contribution in [0, 0.1) is 0 Å². The molecule has 1 rings (SSSR count).